The molecular weight excluding hydrogens is 940 g/mol. The smallest absolute Gasteiger partial charge is 0.459 e. The van der Waals surface area contributed by atoms with Gasteiger partial charge in [-0.3, -0.25) is 23.7 Å². The molecule has 372 valence electrons. The Kier molecular flexibility index (Phi) is 13.6. The molecule has 0 unspecified atom stereocenters. The second-order valence-corrected chi connectivity index (χ2v) is 23.0. The molecule has 4 aliphatic rings. The van der Waals surface area contributed by atoms with Crippen molar-refractivity contribution in [2.24, 2.45) is 5.92 Å². The number of ether oxygens (including phenoxy) is 3. The molecule has 4 amide bonds. The number of amides is 4. The van der Waals surface area contributed by atoms with E-state index in [1.807, 2.05) is 54.1 Å². The van der Waals surface area contributed by atoms with Crippen molar-refractivity contribution in [3.05, 3.63) is 71.3 Å². The van der Waals surface area contributed by atoms with Gasteiger partial charge in [-0.15, -0.1) is 24.5 Å². The van der Waals surface area contributed by atoms with E-state index in [-0.39, 0.29) is 43.6 Å². The molecule has 1 saturated heterocycles. The Morgan fingerprint density at radius 2 is 1.77 bits per heavy atom. The van der Waals surface area contributed by atoms with Crippen LogP contribution >= 0.6 is 11.3 Å². The first-order valence-corrected chi connectivity index (χ1v) is 25.6. The van der Waals surface area contributed by atoms with Crippen molar-refractivity contribution in [2.75, 3.05) is 6.54 Å². The lowest BCUT2D eigenvalue weighted by Crippen LogP contribution is -2.58. The average molecular weight is 998 g/mol. The summed E-state index contributed by atoms with van der Waals surface area (Å²) in [7, 11) is -4.05. The summed E-state index contributed by atoms with van der Waals surface area (Å²) in [6.45, 7) is 10.5. The monoisotopic (exact) mass is 997 g/mol. The number of hydrogen-bond acceptors (Lipinski definition) is 12. The molecule has 8 rings (SSSR count). The quantitative estimate of drug-likeness (QED) is 0.124. The van der Waals surface area contributed by atoms with Crippen molar-refractivity contribution in [3.8, 4) is 22.3 Å². The number of nitrogens with zero attached hydrogens (tertiary/aromatic N) is 4. The molecule has 0 radical (unpaired) electrons. The van der Waals surface area contributed by atoms with Crippen LogP contribution in [0.4, 0.5) is 18.0 Å². The SMILES string of the molecule is CC(C)n1c(O[C@@H]2C[C@H]3C(=O)N[C@]4(C(=O)NS(=O)(=O)C5(C)CC5)C[C@H]4/C=C\CCCCC[C@H](NC(=O)OC(C)(C)C)C(=O)N3C2)nc2c(-c3nc(Cc4ccc(OC(F)(F)F)cc4)cs3)cccc21. The normalized spacial score (nSPS) is 24.6. The zero-order valence-electron chi connectivity index (χ0n) is 39.4. The van der Waals surface area contributed by atoms with Gasteiger partial charge >= 0.3 is 12.5 Å². The zero-order chi connectivity index (χ0) is 49.7. The Morgan fingerprint density at radius 3 is 2.45 bits per heavy atom. The number of sulfonamides is 1. The Morgan fingerprint density at radius 1 is 1.03 bits per heavy atom. The third-order valence-electron chi connectivity index (χ3n) is 13.0. The fraction of sp³-hybridized carbons (Fsp3) is 0.542. The number of carbonyl (C=O) groups is 4. The van der Waals surface area contributed by atoms with Crippen LogP contribution in [0, 0.1) is 5.92 Å². The predicted molar refractivity (Wildman–Crippen MR) is 251 cm³/mol. The van der Waals surface area contributed by atoms with Crippen LogP contribution in [0.3, 0.4) is 0 Å². The number of benzene rings is 2. The average Bonchev–Trinajstić information content (AvgIpc) is 3.94. The number of aromatic nitrogens is 3. The summed E-state index contributed by atoms with van der Waals surface area (Å²) in [5.41, 5.74) is 1.01. The Hall–Kier alpha value is -5.70. The van der Waals surface area contributed by atoms with Gasteiger partial charge in [0.1, 0.15) is 45.6 Å². The number of fused-ring (bicyclic) bond motifs is 3. The minimum absolute atomic E-state index is 0.0292. The lowest BCUT2D eigenvalue weighted by molar-refractivity contribution is -0.274. The van der Waals surface area contributed by atoms with Crippen molar-refractivity contribution < 1.29 is 55.0 Å². The molecule has 2 aliphatic carbocycles. The van der Waals surface area contributed by atoms with E-state index in [0.717, 1.165) is 23.9 Å². The second-order valence-electron chi connectivity index (χ2n) is 19.9. The van der Waals surface area contributed by atoms with Gasteiger partial charge in [0.2, 0.25) is 21.8 Å². The summed E-state index contributed by atoms with van der Waals surface area (Å²) in [4.78, 5) is 68.0. The molecule has 3 fully saturated rings. The van der Waals surface area contributed by atoms with Crippen molar-refractivity contribution >= 4 is 56.2 Å². The third-order valence-corrected chi connectivity index (χ3v) is 16.1. The molecule has 2 saturated carbocycles. The number of rotatable bonds is 11. The van der Waals surface area contributed by atoms with Crippen LogP contribution in [0.25, 0.3) is 21.6 Å². The summed E-state index contributed by atoms with van der Waals surface area (Å²) in [5.74, 6) is -2.86. The minimum atomic E-state index is -4.79. The minimum Gasteiger partial charge on any atom is -0.459 e. The largest absolute Gasteiger partial charge is 0.573 e. The summed E-state index contributed by atoms with van der Waals surface area (Å²) >= 11 is 1.38. The van der Waals surface area contributed by atoms with Gasteiger partial charge in [-0.05, 0) is 110 Å². The Labute approximate surface area is 402 Å². The number of para-hydroxylation sites is 1. The van der Waals surface area contributed by atoms with Crippen LogP contribution in [-0.2, 0) is 35.6 Å². The van der Waals surface area contributed by atoms with Gasteiger partial charge < -0.3 is 29.7 Å². The van der Waals surface area contributed by atoms with E-state index in [2.05, 4.69) is 20.1 Å². The second kappa shape index (κ2) is 18.9. The van der Waals surface area contributed by atoms with Gasteiger partial charge in [0, 0.05) is 35.7 Å². The molecular formula is C48H58F3N7O9S2. The molecule has 0 bridgehead atoms. The lowest BCUT2D eigenvalue weighted by Gasteiger charge is -2.30. The van der Waals surface area contributed by atoms with Crippen LogP contribution < -0.4 is 24.8 Å². The number of imidazole rings is 1. The van der Waals surface area contributed by atoms with Crippen molar-refractivity contribution in [3.63, 3.8) is 0 Å². The summed E-state index contributed by atoms with van der Waals surface area (Å²) < 4.78 is 84.1. The molecule has 4 aromatic rings. The third kappa shape index (κ3) is 11.2. The van der Waals surface area contributed by atoms with Gasteiger partial charge in [0.15, 0.2) is 0 Å². The number of nitrogens with one attached hydrogen (secondary N) is 3. The van der Waals surface area contributed by atoms with Crippen molar-refractivity contribution in [2.45, 2.75) is 152 Å². The number of hydrogen-bond donors (Lipinski definition) is 3. The highest BCUT2D eigenvalue weighted by molar-refractivity contribution is 7.91. The Bertz CT molecular complexity index is 2750. The van der Waals surface area contributed by atoms with Crippen LogP contribution in [-0.4, -0.2) is 98.6 Å². The maximum atomic E-state index is 14.8. The zero-order valence-corrected chi connectivity index (χ0v) is 41.0. The molecule has 69 heavy (non-hydrogen) atoms. The molecule has 0 spiro atoms. The fourth-order valence-corrected chi connectivity index (χ4v) is 11.1. The van der Waals surface area contributed by atoms with Gasteiger partial charge in [-0.25, -0.2) is 18.2 Å². The molecule has 3 N–H and O–H groups in total. The van der Waals surface area contributed by atoms with Gasteiger partial charge in [-0.1, -0.05) is 43.2 Å². The maximum Gasteiger partial charge on any atom is 0.573 e. The topological polar surface area (TPSA) is 200 Å². The van der Waals surface area contributed by atoms with Gasteiger partial charge in [0.05, 0.1) is 22.5 Å². The summed E-state index contributed by atoms with van der Waals surface area (Å²) in [5, 5.41) is 8.17. The van der Waals surface area contributed by atoms with E-state index < -0.39 is 80.2 Å². The standard InChI is InChI=1S/C48H58F3N7O9S2/c1-28(2)58-36-16-12-14-34(40-52-31(27-68-40)23-29-17-19-32(20-18-29)66-48(49,50)51)38(36)54-43(58)65-33-24-37-39(59)55-47(42(61)56-69(63,64)46(6)21-22-46)25-30(47)13-10-8-7-9-11-15-35(41(60)57(37)26-33)53-44(62)67-45(3,4)5/h10,12-14,16-20,27-28,30,33,35,37H,7-9,11,15,21-26H2,1-6H3,(H,53,62)(H,55,59)(H,56,61)/b13-10-/t30-,33-,35+,37+,47-/m1/s1. The number of allylic oxidation sites excluding steroid dienone is 1. The van der Waals surface area contributed by atoms with Crippen LogP contribution in [0.15, 0.2) is 60.0 Å². The van der Waals surface area contributed by atoms with Gasteiger partial charge in [0.25, 0.3) is 11.9 Å². The first-order chi connectivity index (χ1) is 32.4. The van der Waals surface area contributed by atoms with Crippen molar-refractivity contribution in [1.82, 2.24) is 34.8 Å². The van der Waals surface area contributed by atoms with E-state index in [4.69, 9.17) is 19.4 Å². The summed E-state index contributed by atoms with van der Waals surface area (Å²) in [6, 6.07) is 9.04. The van der Waals surface area contributed by atoms with E-state index >= 15 is 0 Å². The van der Waals surface area contributed by atoms with Crippen LogP contribution in [0.1, 0.15) is 117 Å². The van der Waals surface area contributed by atoms with Crippen LogP contribution in [0.2, 0.25) is 0 Å². The fourth-order valence-electron chi connectivity index (χ4n) is 8.93. The molecule has 2 aromatic carbocycles. The predicted octanol–water partition coefficient (Wildman–Crippen LogP) is 7.87. The molecule has 2 aromatic heterocycles. The van der Waals surface area contributed by atoms with E-state index in [1.165, 1.54) is 28.4 Å². The Balaban J connectivity index is 1.08. The number of carbonyl (C=O) groups excluding carboxylic acids is 4. The number of alkyl halides is 3. The van der Waals surface area contributed by atoms with Crippen LogP contribution in [0.5, 0.6) is 11.8 Å². The van der Waals surface area contributed by atoms with Gasteiger partial charge in [-0.2, -0.15) is 4.98 Å². The van der Waals surface area contributed by atoms with E-state index in [1.54, 1.807) is 39.8 Å². The van der Waals surface area contributed by atoms with E-state index in [9.17, 15) is 40.8 Å². The highest BCUT2D eigenvalue weighted by Gasteiger charge is 2.63. The lowest BCUT2D eigenvalue weighted by atomic mass is 10.0. The number of halogens is 3. The highest BCUT2D eigenvalue weighted by Crippen LogP contribution is 2.48. The maximum absolute atomic E-state index is 14.8. The molecule has 5 atom stereocenters. The number of thiazole rings is 1. The molecule has 4 heterocycles. The summed E-state index contributed by atoms with van der Waals surface area (Å²) in [6.07, 6.45) is 1.64. The molecule has 21 heteroatoms. The molecule has 16 nitrogen and oxygen atoms in total. The highest BCUT2D eigenvalue weighted by atomic mass is 32.2. The first-order valence-electron chi connectivity index (χ1n) is 23.3. The first kappa shape index (κ1) is 49.7. The van der Waals surface area contributed by atoms with E-state index in [0.29, 0.717) is 53.9 Å². The van der Waals surface area contributed by atoms with Crippen molar-refractivity contribution in [1.29, 1.82) is 0 Å². The molecule has 2 aliphatic heterocycles. The number of alkyl carbamates (subject to hydrolysis) is 1.